The third-order valence-electron chi connectivity index (χ3n) is 10.1. The molecule has 3 amide bonds. The lowest BCUT2D eigenvalue weighted by Crippen LogP contribution is -2.83. The number of nitrogens with one attached hydrogen (secondary N) is 2. The fourth-order valence-electron chi connectivity index (χ4n) is 8.69. The van der Waals surface area contributed by atoms with Crippen LogP contribution >= 0.6 is 0 Å². The van der Waals surface area contributed by atoms with Crippen LogP contribution in [0.2, 0.25) is 0 Å². The maximum atomic E-state index is 14.2. The van der Waals surface area contributed by atoms with Crippen LogP contribution in [0.3, 0.4) is 0 Å². The van der Waals surface area contributed by atoms with Gasteiger partial charge in [-0.2, -0.15) is 0 Å². The average Bonchev–Trinajstić information content (AvgIpc) is 3.40. The number of benzene rings is 1. The molecule has 1 aliphatic carbocycles. The Labute approximate surface area is 204 Å². The van der Waals surface area contributed by atoms with E-state index in [9.17, 15) is 14.4 Å². The van der Waals surface area contributed by atoms with Crippen LogP contribution < -0.4 is 15.4 Å². The predicted octanol–water partition coefficient (Wildman–Crippen LogP) is 2.37. The van der Waals surface area contributed by atoms with Crippen molar-refractivity contribution in [1.29, 1.82) is 0 Å². The molecule has 5 unspecified atom stereocenters. The zero-order valence-electron chi connectivity index (χ0n) is 20.8. The lowest BCUT2D eigenvalue weighted by atomic mass is 9.57. The Balaban J connectivity index is 1.49. The van der Waals surface area contributed by atoms with E-state index in [4.69, 9.17) is 9.47 Å². The maximum Gasteiger partial charge on any atom is 0.252 e. The van der Waals surface area contributed by atoms with E-state index in [0.717, 1.165) is 17.5 Å². The Morgan fingerprint density at radius 1 is 1.11 bits per heavy atom. The van der Waals surface area contributed by atoms with Crippen LogP contribution in [0.4, 0.5) is 5.69 Å². The molecule has 1 aromatic carbocycles. The number of methoxy groups -OCH3 is 1. The van der Waals surface area contributed by atoms with E-state index in [1.807, 2.05) is 38.1 Å². The van der Waals surface area contributed by atoms with Crippen LogP contribution in [-0.2, 0) is 24.5 Å². The molecule has 184 valence electrons. The molecule has 1 saturated carbocycles. The van der Waals surface area contributed by atoms with Gasteiger partial charge in [0.25, 0.3) is 5.91 Å². The molecule has 1 aromatic rings. The van der Waals surface area contributed by atoms with E-state index in [0.29, 0.717) is 30.8 Å². The molecule has 0 aromatic heterocycles. The summed E-state index contributed by atoms with van der Waals surface area (Å²) in [5.74, 6) is 0.0508. The average molecular weight is 478 g/mol. The van der Waals surface area contributed by atoms with Gasteiger partial charge in [0.15, 0.2) is 5.54 Å². The zero-order valence-corrected chi connectivity index (χ0v) is 20.8. The Morgan fingerprint density at radius 2 is 1.89 bits per heavy atom. The van der Waals surface area contributed by atoms with E-state index in [-0.39, 0.29) is 23.6 Å². The first-order valence-electron chi connectivity index (χ1n) is 12.5. The number of piperazine rings is 1. The van der Waals surface area contributed by atoms with Crippen molar-refractivity contribution in [3.05, 3.63) is 29.3 Å². The molecule has 2 N–H and O–H groups in total. The van der Waals surface area contributed by atoms with Gasteiger partial charge in [0, 0.05) is 25.1 Å². The van der Waals surface area contributed by atoms with Crippen molar-refractivity contribution in [3.63, 3.8) is 0 Å². The van der Waals surface area contributed by atoms with Crippen molar-refractivity contribution < 1.29 is 23.9 Å². The van der Waals surface area contributed by atoms with Crippen LogP contribution in [0.5, 0.6) is 5.75 Å². The quantitative estimate of drug-likeness (QED) is 0.647. The third kappa shape index (κ3) is 1.99. The summed E-state index contributed by atoms with van der Waals surface area (Å²) in [5.41, 5.74) is -2.06. The number of hydrogen-bond donors (Lipinski definition) is 2. The third-order valence-corrected chi connectivity index (χ3v) is 10.1. The van der Waals surface area contributed by atoms with Gasteiger partial charge in [-0.05, 0) is 62.3 Å². The molecule has 6 aliphatic heterocycles. The Bertz CT molecular complexity index is 1280. The van der Waals surface area contributed by atoms with Crippen LogP contribution in [0.25, 0.3) is 6.08 Å². The maximum absolute atomic E-state index is 14.2. The first-order valence-corrected chi connectivity index (χ1v) is 12.5. The Morgan fingerprint density at radius 3 is 2.63 bits per heavy atom. The summed E-state index contributed by atoms with van der Waals surface area (Å²) < 4.78 is 12.3. The summed E-state index contributed by atoms with van der Waals surface area (Å²) in [5, 5.41) is 6.32. The summed E-state index contributed by atoms with van der Waals surface area (Å²) in [6, 6.07) is 3.86. The van der Waals surface area contributed by atoms with Crippen molar-refractivity contribution in [2.75, 3.05) is 19.0 Å². The standard InChI is InChI=1S/C27H31N3O5/c1-23(2)11-9-14-16(35-23)8-7-15-18(14)28-21(32)26(15)19(34-5)27-17(24(26,3)4)13-25(20(31)29-27)10-6-12-30(25)22(27)33/h7-9,11,17,19H,6,10,12-13H2,1-5H3,(H,28,32)(H,29,31). The van der Waals surface area contributed by atoms with E-state index in [1.54, 1.807) is 12.0 Å². The van der Waals surface area contributed by atoms with E-state index >= 15 is 0 Å². The second kappa shape index (κ2) is 5.91. The normalized spacial score (nSPS) is 40.7. The van der Waals surface area contributed by atoms with Crippen molar-refractivity contribution in [3.8, 4) is 5.75 Å². The van der Waals surface area contributed by atoms with Gasteiger partial charge in [-0.15, -0.1) is 0 Å². The predicted molar refractivity (Wildman–Crippen MR) is 128 cm³/mol. The number of anilines is 1. The van der Waals surface area contributed by atoms with Gasteiger partial charge < -0.3 is 25.0 Å². The van der Waals surface area contributed by atoms with Crippen molar-refractivity contribution in [2.24, 2.45) is 11.3 Å². The number of amides is 3. The van der Waals surface area contributed by atoms with Crippen LogP contribution in [0.1, 0.15) is 58.1 Å². The summed E-state index contributed by atoms with van der Waals surface area (Å²) in [7, 11) is 1.55. The Hall–Kier alpha value is -2.87. The number of hydrogen-bond acceptors (Lipinski definition) is 5. The molecule has 6 heterocycles. The van der Waals surface area contributed by atoms with Crippen LogP contribution in [0, 0.1) is 11.3 Å². The first kappa shape index (κ1) is 21.4. The highest BCUT2D eigenvalue weighted by molar-refractivity contribution is 6.13. The smallest absolute Gasteiger partial charge is 0.252 e. The molecule has 5 fully saturated rings. The number of ether oxygens (including phenoxy) is 2. The monoisotopic (exact) mass is 477 g/mol. The number of carbonyl (C=O) groups excluding carboxylic acids is 3. The lowest BCUT2D eigenvalue weighted by Gasteiger charge is -2.59. The van der Waals surface area contributed by atoms with Crippen molar-refractivity contribution in [1.82, 2.24) is 10.2 Å². The van der Waals surface area contributed by atoms with E-state index < -0.39 is 33.6 Å². The van der Waals surface area contributed by atoms with E-state index in [1.165, 1.54) is 0 Å². The minimum absolute atomic E-state index is 0.105. The van der Waals surface area contributed by atoms with Crippen molar-refractivity contribution in [2.45, 2.75) is 75.2 Å². The number of nitrogens with zero attached hydrogens (tertiary/aromatic N) is 1. The SMILES string of the molecule is COC1C23NC(=O)C4(CCCN4C2=O)CC3C(C)(C)C12C(=O)Nc1c2ccc2c1C=CC(C)(C)O2. The molecule has 0 radical (unpaired) electrons. The molecule has 3 spiro atoms. The number of fused-ring (bicyclic) bond motifs is 5. The second-order valence-electron chi connectivity index (χ2n) is 12.2. The molecule has 35 heavy (non-hydrogen) atoms. The fraction of sp³-hybridized carbons (Fsp3) is 0.593. The summed E-state index contributed by atoms with van der Waals surface area (Å²) in [6.07, 6.45) is 5.14. The van der Waals surface area contributed by atoms with Crippen LogP contribution in [-0.4, -0.2) is 59.1 Å². The van der Waals surface area contributed by atoms with Gasteiger partial charge in [0.1, 0.15) is 28.4 Å². The minimum Gasteiger partial charge on any atom is -0.483 e. The molecule has 8 nitrogen and oxygen atoms in total. The van der Waals surface area contributed by atoms with Gasteiger partial charge in [-0.1, -0.05) is 19.9 Å². The highest BCUT2D eigenvalue weighted by atomic mass is 16.5. The van der Waals surface area contributed by atoms with Gasteiger partial charge in [0.2, 0.25) is 11.8 Å². The highest BCUT2D eigenvalue weighted by Crippen LogP contribution is 2.71. The lowest BCUT2D eigenvalue weighted by molar-refractivity contribution is -0.182. The van der Waals surface area contributed by atoms with Crippen molar-refractivity contribution >= 4 is 29.5 Å². The largest absolute Gasteiger partial charge is 0.483 e. The molecular weight excluding hydrogens is 446 g/mol. The molecular formula is C27H31N3O5. The van der Waals surface area contributed by atoms with Gasteiger partial charge >= 0.3 is 0 Å². The minimum atomic E-state index is -1.29. The number of carbonyl (C=O) groups is 3. The summed E-state index contributed by atoms with van der Waals surface area (Å²) in [6.45, 7) is 8.68. The summed E-state index contributed by atoms with van der Waals surface area (Å²) >= 11 is 0. The Kier molecular flexibility index (Phi) is 3.62. The molecule has 2 bridgehead atoms. The molecule has 8 rings (SSSR count). The van der Waals surface area contributed by atoms with Gasteiger partial charge in [-0.25, -0.2) is 0 Å². The highest BCUT2D eigenvalue weighted by Gasteiger charge is 2.85. The first-order chi connectivity index (χ1) is 16.5. The fourth-order valence-corrected chi connectivity index (χ4v) is 8.69. The molecule has 7 aliphatic rings. The van der Waals surface area contributed by atoms with E-state index in [2.05, 4.69) is 24.5 Å². The van der Waals surface area contributed by atoms with Crippen LogP contribution in [0.15, 0.2) is 18.2 Å². The molecule has 8 heteroatoms. The second-order valence-corrected chi connectivity index (χ2v) is 12.2. The number of rotatable bonds is 1. The molecule has 4 saturated heterocycles. The topological polar surface area (TPSA) is 97.0 Å². The number of piperidine rings is 2. The summed E-state index contributed by atoms with van der Waals surface area (Å²) in [4.78, 5) is 43.7. The zero-order chi connectivity index (χ0) is 24.8. The van der Waals surface area contributed by atoms with Gasteiger partial charge in [-0.3, -0.25) is 14.4 Å². The van der Waals surface area contributed by atoms with Gasteiger partial charge in [0.05, 0.1) is 5.69 Å². The molecule has 5 atom stereocenters.